The lowest BCUT2D eigenvalue weighted by molar-refractivity contribution is 1.07. The third-order valence-corrected chi connectivity index (χ3v) is 9.24. The van der Waals surface area contributed by atoms with Crippen molar-refractivity contribution in [3.05, 3.63) is 194 Å². The van der Waals surface area contributed by atoms with Crippen molar-refractivity contribution in [3.8, 4) is 90.3 Å². The minimum Gasteiger partial charge on any atom is -0.264 e. The largest absolute Gasteiger partial charge is 0.264 e. The monoisotopic (exact) mass is 692 g/mol. The second-order valence-electron chi connectivity index (χ2n) is 12.8. The van der Waals surface area contributed by atoms with Crippen LogP contribution < -0.4 is 0 Å². The molecule has 0 N–H and O–H groups in total. The van der Waals surface area contributed by atoms with Crippen LogP contribution in [-0.2, 0) is 0 Å². The zero-order valence-corrected chi connectivity index (χ0v) is 29.2. The van der Waals surface area contributed by atoms with Gasteiger partial charge in [-0.15, -0.1) is 0 Å². The summed E-state index contributed by atoms with van der Waals surface area (Å²) in [6.07, 6.45) is 3.67. The van der Waals surface area contributed by atoms with E-state index in [1.54, 1.807) is 6.20 Å². The summed E-state index contributed by atoms with van der Waals surface area (Å²) in [5, 5.41) is 0. The van der Waals surface area contributed by atoms with Crippen molar-refractivity contribution in [3.63, 3.8) is 0 Å². The Morgan fingerprint density at radius 2 is 0.611 bits per heavy atom. The normalized spacial score (nSPS) is 11.0. The van der Waals surface area contributed by atoms with Gasteiger partial charge in [0.15, 0.2) is 17.5 Å². The fraction of sp³-hybridized carbons (Fsp3) is 0. The van der Waals surface area contributed by atoms with E-state index in [-0.39, 0.29) is 0 Å². The first-order chi connectivity index (χ1) is 26.8. The zero-order chi connectivity index (χ0) is 36.1. The van der Waals surface area contributed by atoms with E-state index in [1.165, 1.54) is 0 Å². The molecule has 3 aromatic heterocycles. The van der Waals surface area contributed by atoms with Crippen LogP contribution in [0.25, 0.3) is 90.3 Å². The number of benzene rings is 6. The molecule has 0 aliphatic heterocycles. The van der Waals surface area contributed by atoms with Crippen molar-refractivity contribution in [2.24, 2.45) is 0 Å². The highest BCUT2D eigenvalue weighted by molar-refractivity contribution is 5.87. The summed E-state index contributed by atoms with van der Waals surface area (Å²) in [4.78, 5) is 30.1. The first-order valence-electron chi connectivity index (χ1n) is 17.8. The molecule has 3 heterocycles. The van der Waals surface area contributed by atoms with Crippen molar-refractivity contribution in [2.45, 2.75) is 0 Å². The van der Waals surface area contributed by atoms with E-state index in [0.29, 0.717) is 17.5 Å². The average Bonchev–Trinajstić information content (AvgIpc) is 3.27. The van der Waals surface area contributed by atoms with E-state index >= 15 is 0 Å². The molecular formula is C48H32N6. The molecule has 0 bridgehead atoms. The molecule has 0 atom stereocenters. The Morgan fingerprint density at radius 3 is 1.09 bits per heavy atom. The maximum absolute atomic E-state index is 5.49. The van der Waals surface area contributed by atoms with Gasteiger partial charge in [0, 0.05) is 51.3 Å². The number of hydrogen-bond acceptors (Lipinski definition) is 6. The molecule has 6 heteroatoms. The van der Waals surface area contributed by atoms with Crippen LogP contribution in [0, 0.1) is 0 Å². The maximum Gasteiger partial charge on any atom is 0.164 e. The Labute approximate surface area is 313 Å². The van der Waals surface area contributed by atoms with Crippen LogP contribution in [0.5, 0.6) is 0 Å². The summed E-state index contributed by atoms with van der Waals surface area (Å²) < 4.78 is 0. The fourth-order valence-corrected chi connectivity index (χ4v) is 6.53. The predicted octanol–water partition coefficient (Wildman–Crippen LogP) is 11.4. The molecule has 0 saturated heterocycles. The van der Waals surface area contributed by atoms with Gasteiger partial charge in [0.2, 0.25) is 0 Å². The highest BCUT2D eigenvalue weighted by Gasteiger charge is 2.21. The average molecular weight is 693 g/mol. The number of aromatic nitrogens is 6. The van der Waals surface area contributed by atoms with Gasteiger partial charge in [-0.2, -0.15) is 0 Å². The van der Waals surface area contributed by atoms with Crippen LogP contribution >= 0.6 is 0 Å². The van der Waals surface area contributed by atoms with Crippen LogP contribution in [0.4, 0.5) is 0 Å². The maximum atomic E-state index is 5.49. The molecule has 0 radical (unpaired) electrons. The first kappa shape index (κ1) is 32.5. The van der Waals surface area contributed by atoms with Crippen molar-refractivity contribution in [1.82, 2.24) is 29.9 Å². The highest BCUT2D eigenvalue weighted by Crippen LogP contribution is 2.38. The molecule has 254 valence electrons. The summed E-state index contributed by atoms with van der Waals surface area (Å²) in [5.41, 5.74) is 11.8. The predicted molar refractivity (Wildman–Crippen MR) is 217 cm³/mol. The molecule has 0 amide bonds. The molecule has 9 aromatic rings. The Hall–Kier alpha value is -7.44. The van der Waals surface area contributed by atoms with Crippen LogP contribution in [-0.4, -0.2) is 29.9 Å². The number of rotatable bonds is 8. The topological polar surface area (TPSA) is 77.3 Å². The number of pyridine rings is 1. The summed E-state index contributed by atoms with van der Waals surface area (Å²) in [5.74, 6) is 1.80. The van der Waals surface area contributed by atoms with E-state index in [2.05, 4.69) is 71.7 Å². The van der Waals surface area contributed by atoms with Crippen LogP contribution in [0.1, 0.15) is 0 Å². The zero-order valence-electron chi connectivity index (χ0n) is 29.2. The summed E-state index contributed by atoms with van der Waals surface area (Å²) >= 11 is 0. The van der Waals surface area contributed by atoms with E-state index in [1.807, 2.05) is 121 Å². The van der Waals surface area contributed by atoms with Gasteiger partial charge in [-0.25, -0.2) is 24.9 Å². The van der Waals surface area contributed by atoms with Gasteiger partial charge in [-0.1, -0.05) is 170 Å². The smallest absolute Gasteiger partial charge is 0.164 e. The SMILES string of the molecule is c1ccc(-c2nc(-c3ccccc3)nc(-c3cccc(-c4nc(-c5ccccc5)c(-c5ccc(-c6cccnc6)cc5)nc4-c4ccccc4)c3)n2)cc1. The van der Waals surface area contributed by atoms with Gasteiger partial charge in [-0.05, 0) is 23.3 Å². The summed E-state index contributed by atoms with van der Waals surface area (Å²) in [6.45, 7) is 0. The van der Waals surface area contributed by atoms with Crippen molar-refractivity contribution >= 4 is 0 Å². The van der Waals surface area contributed by atoms with Gasteiger partial charge < -0.3 is 0 Å². The Morgan fingerprint density at radius 1 is 0.241 bits per heavy atom. The Kier molecular flexibility index (Phi) is 8.81. The van der Waals surface area contributed by atoms with E-state index in [9.17, 15) is 0 Å². The van der Waals surface area contributed by atoms with Crippen molar-refractivity contribution < 1.29 is 0 Å². The van der Waals surface area contributed by atoms with Gasteiger partial charge >= 0.3 is 0 Å². The minimum atomic E-state index is 0.576. The van der Waals surface area contributed by atoms with E-state index in [0.717, 1.165) is 72.8 Å². The highest BCUT2D eigenvalue weighted by atomic mass is 15.0. The van der Waals surface area contributed by atoms with Gasteiger partial charge in [0.05, 0.1) is 22.8 Å². The lowest BCUT2D eigenvalue weighted by atomic mass is 9.97. The third kappa shape index (κ3) is 6.67. The first-order valence-corrected chi connectivity index (χ1v) is 17.8. The van der Waals surface area contributed by atoms with E-state index in [4.69, 9.17) is 24.9 Å². The van der Waals surface area contributed by atoms with Gasteiger partial charge in [0.1, 0.15) is 0 Å². The minimum absolute atomic E-state index is 0.576. The fourth-order valence-electron chi connectivity index (χ4n) is 6.53. The lowest BCUT2D eigenvalue weighted by Gasteiger charge is -2.17. The molecule has 0 spiro atoms. The molecule has 0 saturated carbocycles. The van der Waals surface area contributed by atoms with Crippen LogP contribution in [0.15, 0.2) is 194 Å². The molecule has 0 aliphatic carbocycles. The molecule has 9 rings (SSSR count). The molecule has 0 fully saturated rings. The van der Waals surface area contributed by atoms with Crippen LogP contribution in [0.3, 0.4) is 0 Å². The Bertz CT molecular complexity index is 2610. The molecular weight excluding hydrogens is 661 g/mol. The molecule has 54 heavy (non-hydrogen) atoms. The second-order valence-corrected chi connectivity index (χ2v) is 12.8. The van der Waals surface area contributed by atoms with Crippen molar-refractivity contribution in [2.75, 3.05) is 0 Å². The summed E-state index contributed by atoms with van der Waals surface area (Å²) in [6, 6.07) is 61.3. The standard InChI is InChI=1S/C48H32N6/c1-5-15-34(16-6-1)42-44(36-28-26-33(27-29-36)41-25-14-30-49-32-41)50-43(35-17-7-2-8-18-35)45(51-42)39-23-13-24-40(31-39)48-53-46(37-19-9-3-10-20-37)52-47(54-48)38-21-11-4-12-22-38/h1-32H. The molecule has 6 nitrogen and oxygen atoms in total. The quantitative estimate of drug-likeness (QED) is 0.158. The van der Waals surface area contributed by atoms with Crippen molar-refractivity contribution in [1.29, 1.82) is 0 Å². The second kappa shape index (κ2) is 14.7. The Balaban J connectivity index is 1.23. The van der Waals surface area contributed by atoms with E-state index < -0.39 is 0 Å². The van der Waals surface area contributed by atoms with Gasteiger partial charge in [0.25, 0.3) is 0 Å². The molecule has 6 aromatic carbocycles. The summed E-state index contributed by atoms with van der Waals surface area (Å²) in [7, 11) is 0. The van der Waals surface area contributed by atoms with Gasteiger partial charge in [-0.3, -0.25) is 4.98 Å². The lowest BCUT2D eigenvalue weighted by Crippen LogP contribution is -2.02. The molecule has 0 aliphatic rings. The van der Waals surface area contributed by atoms with Crippen LogP contribution in [0.2, 0.25) is 0 Å². The number of nitrogens with zero attached hydrogens (tertiary/aromatic N) is 6. The third-order valence-electron chi connectivity index (χ3n) is 9.24. The molecule has 0 unspecified atom stereocenters. The number of hydrogen-bond donors (Lipinski definition) is 0.